The van der Waals surface area contributed by atoms with Gasteiger partial charge in [0.15, 0.2) is 0 Å². The second-order valence-corrected chi connectivity index (χ2v) is 4.74. The minimum atomic E-state index is -0.113. The monoisotopic (exact) mass is 264 g/mol. The lowest BCUT2D eigenvalue weighted by atomic mass is 9.99. The van der Waals surface area contributed by atoms with E-state index in [1.165, 1.54) is 0 Å². The standard InChI is InChI=1S/C13H17ClN4/c1-3-18-13(16-8-17-18)7-12(15)11-6-10(14)5-4-9(11)2/h4-6,8,12H,3,7,15H2,1-2H3. The molecule has 0 radical (unpaired) electrons. The lowest BCUT2D eigenvalue weighted by Crippen LogP contribution is -2.17. The summed E-state index contributed by atoms with van der Waals surface area (Å²) in [5.41, 5.74) is 8.45. The molecule has 0 aliphatic rings. The number of aryl methyl sites for hydroxylation is 2. The Balaban J connectivity index is 2.21. The molecule has 96 valence electrons. The highest BCUT2D eigenvalue weighted by Gasteiger charge is 2.13. The van der Waals surface area contributed by atoms with Gasteiger partial charge in [0.1, 0.15) is 12.2 Å². The second-order valence-electron chi connectivity index (χ2n) is 4.30. The number of rotatable bonds is 4. The quantitative estimate of drug-likeness (QED) is 0.923. The van der Waals surface area contributed by atoms with E-state index in [0.29, 0.717) is 11.4 Å². The van der Waals surface area contributed by atoms with Crippen molar-refractivity contribution in [3.8, 4) is 0 Å². The van der Waals surface area contributed by atoms with Crippen LogP contribution in [0.25, 0.3) is 0 Å². The molecule has 0 aliphatic carbocycles. The number of hydrogen-bond acceptors (Lipinski definition) is 3. The third-order valence-corrected chi connectivity index (χ3v) is 3.27. The fourth-order valence-corrected chi connectivity index (χ4v) is 2.21. The maximum absolute atomic E-state index is 6.24. The van der Waals surface area contributed by atoms with Crippen LogP contribution in [0, 0.1) is 6.92 Å². The average Bonchev–Trinajstić information content (AvgIpc) is 2.79. The number of halogens is 1. The molecule has 0 aliphatic heterocycles. The van der Waals surface area contributed by atoms with E-state index >= 15 is 0 Å². The number of nitrogens with zero attached hydrogens (tertiary/aromatic N) is 3. The van der Waals surface area contributed by atoms with Crippen molar-refractivity contribution >= 4 is 11.6 Å². The minimum absolute atomic E-state index is 0.113. The van der Waals surface area contributed by atoms with Crippen LogP contribution in [0.15, 0.2) is 24.5 Å². The summed E-state index contributed by atoms with van der Waals surface area (Å²) < 4.78 is 1.86. The van der Waals surface area contributed by atoms with Crippen LogP contribution < -0.4 is 5.73 Å². The van der Waals surface area contributed by atoms with Gasteiger partial charge >= 0.3 is 0 Å². The molecule has 0 spiro atoms. The number of aromatic nitrogens is 3. The normalized spacial score (nSPS) is 12.7. The number of benzene rings is 1. The topological polar surface area (TPSA) is 56.7 Å². The Morgan fingerprint density at radius 3 is 2.94 bits per heavy atom. The largest absolute Gasteiger partial charge is 0.324 e. The van der Waals surface area contributed by atoms with Crippen LogP contribution in [-0.2, 0) is 13.0 Å². The van der Waals surface area contributed by atoms with Crippen LogP contribution in [0.1, 0.15) is 29.9 Å². The zero-order chi connectivity index (χ0) is 13.1. The first-order valence-electron chi connectivity index (χ1n) is 6.00. The molecular formula is C13H17ClN4. The zero-order valence-electron chi connectivity index (χ0n) is 10.6. The van der Waals surface area contributed by atoms with Crippen molar-refractivity contribution < 1.29 is 0 Å². The van der Waals surface area contributed by atoms with Gasteiger partial charge in [-0.2, -0.15) is 5.10 Å². The van der Waals surface area contributed by atoms with Crippen molar-refractivity contribution in [2.75, 3.05) is 0 Å². The summed E-state index contributed by atoms with van der Waals surface area (Å²) in [6.07, 6.45) is 2.23. The molecule has 0 amide bonds. The molecule has 1 atom stereocenters. The number of hydrogen-bond donors (Lipinski definition) is 1. The van der Waals surface area contributed by atoms with E-state index < -0.39 is 0 Å². The molecule has 2 rings (SSSR count). The van der Waals surface area contributed by atoms with Crippen molar-refractivity contribution in [2.45, 2.75) is 32.9 Å². The summed E-state index contributed by atoms with van der Waals surface area (Å²) in [4.78, 5) is 4.24. The van der Waals surface area contributed by atoms with Crippen LogP contribution in [-0.4, -0.2) is 14.8 Å². The maximum atomic E-state index is 6.24. The summed E-state index contributed by atoms with van der Waals surface area (Å²) in [6.45, 7) is 4.88. The minimum Gasteiger partial charge on any atom is -0.324 e. The SMILES string of the molecule is CCn1ncnc1CC(N)c1cc(Cl)ccc1C. The molecule has 18 heavy (non-hydrogen) atoms. The van der Waals surface area contributed by atoms with Gasteiger partial charge in [0.2, 0.25) is 0 Å². The van der Waals surface area contributed by atoms with E-state index in [1.54, 1.807) is 6.33 Å². The molecule has 1 aromatic heterocycles. The van der Waals surface area contributed by atoms with Crippen molar-refractivity contribution in [3.05, 3.63) is 46.5 Å². The third-order valence-electron chi connectivity index (χ3n) is 3.04. The molecule has 2 aromatic rings. The predicted molar refractivity (Wildman–Crippen MR) is 72.5 cm³/mol. The number of nitrogens with two attached hydrogens (primary N) is 1. The fraction of sp³-hybridized carbons (Fsp3) is 0.385. The molecule has 0 bridgehead atoms. The molecule has 4 nitrogen and oxygen atoms in total. The highest BCUT2D eigenvalue weighted by Crippen LogP contribution is 2.22. The van der Waals surface area contributed by atoms with Crippen LogP contribution in [0.5, 0.6) is 0 Å². The van der Waals surface area contributed by atoms with Crippen molar-refractivity contribution in [1.29, 1.82) is 0 Å². The first kappa shape index (κ1) is 13.1. The van der Waals surface area contributed by atoms with Gasteiger partial charge in [-0.05, 0) is 37.1 Å². The summed E-state index contributed by atoms with van der Waals surface area (Å²) in [5.74, 6) is 0.907. The van der Waals surface area contributed by atoms with Gasteiger partial charge in [0.25, 0.3) is 0 Å². The second kappa shape index (κ2) is 5.50. The summed E-state index contributed by atoms with van der Waals surface area (Å²) >= 11 is 6.01. The smallest absolute Gasteiger partial charge is 0.138 e. The molecular weight excluding hydrogens is 248 g/mol. The van der Waals surface area contributed by atoms with Crippen molar-refractivity contribution in [2.24, 2.45) is 5.73 Å². The van der Waals surface area contributed by atoms with E-state index in [-0.39, 0.29) is 6.04 Å². The van der Waals surface area contributed by atoms with E-state index in [4.69, 9.17) is 17.3 Å². The van der Waals surface area contributed by atoms with E-state index in [0.717, 1.165) is 23.5 Å². The average molecular weight is 265 g/mol. The lowest BCUT2D eigenvalue weighted by Gasteiger charge is -2.15. The Kier molecular flexibility index (Phi) is 3.99. The van der Waals surface area contributed by atoms with Gasteiger partial charge in [0.05, 0.1) is 0 Å². The van der Waals surface area contributed by atoms with E-state index in [2.05, 4.69) is 10.1 Å². The van der Waals surface area contributed by atoms with E-state index in [9.17, 15) is 0 Å². The Labute approximate surface area is 112 Å². The highest BCUT2D eigenvalue weighted by atomic mass is 35.5. The van der Waals surface area contributed by atoms with Crippen molar-refractivity contribution in [1.82, 2.24) is 14.8 Å². The van der Waals surface area contributed by atoms with Crippen LogP contribution >= 0.6 is 11.6 Å². The van der Waals surface area contributed by atoms with Crippen LogP contribution in [0.2, 0.25) is 5.02 Å². The Hall–Kier alpha value is -1.39. The Morgan fingerprint density at radius 1 is 1.44 bits per heavy atom. The predicted octanol–water partition coefficient (Wildman–Crippen LogP) is 2.50. The lowest BCUT2D eigenvalue weighted by molar-refractivity contribution is 0.580. The summed E-state index contributed by atoms with van der Waals surface area (Å²) in [7, 11) is 0. The molecule has 1 heterocycles. The van der Waals surface area contributed by atoms with Gasteiger partial charge in [-0.1, -0.05) is 17.7 Å². The van der Waals surface area contributed by atoms with Gasteiger partial charge in [-0.3, -0.25) is 4.68 Å². The molecule has 5 heteroatoms. The summed E-state index contributed by atoms with van der Waals surface area (Å²) in [6, 6.07) is 5.68. The van der Waals surface area contributed by atoms with Crippen LogP contribution in [0.4, 0.5) is 0 Å². The Bertz CT molecular complexity index is 536. The van der Waals surface area contributed by atoms with E-state index in [1.807, 2.05) is 36.7 Å². The first-order chi connectivity index (χ1) is 8.61. The Morgan fingerprint density at radius 2 is 2.22 bits per heavy atom. The third kappa shape index (κ3) is 2.71. The molecule has 0 fully saturated rings. The first-order valence-corrected chi connectivity index (χ1v) is 6.38. The van der Waals surface area contributed by atoms with Gasteiger partial charge in [-0.25, -0.2) is 4.98 Å². The molecule has 2 N–H and O–H groups in total. The van der Waals surface area contributed by atoms with Crippen LogP contribution in [0.3, 0.4) is 0 Å². The van der Waals surface area contributed by atoms with Gasteiger partial charge in [0, 0.05) is 24.0 Å². The fourth-order valence-electron chi connectivity index (χ4n) is 2.03. The molecule has 0 saturated heterocycles. The molecule has 1 unspecified atom stereocenters. The van der Waals surface area contributed by atoms with Gasteiger partial charge < -0.3 is 5.73 Å². The summed E-state index contributed by atoms with van der Waals surface area (Å²) in [5, 5.41) is 4.86. The maximum Gasteiger partial charge on any atom is 0.138 e. The molecule has 1 aromatic carbocycles. The molecule has 0 saturated carbocycles. The highest BCUT2D eigenvalue weighted by molar-refractivity contribution is 6.30. The zero-order valence-corrected chi connectivity index (χ0v) is 11.4. The van der Waals surface area contributed by atoms with Crippen molar-refractivity contribution in [3.63, 3.8) is 0 Å². The van der Waals surface area contributed by atoms with Gasteiger partial charge in [-0.15, -0.1) is 0 Å².